The minimum Gasteiger partial charge on any atom is -0.507 e. The maximum Gasteiger partial charge on any atom is 0.267 e. The van der Waals surface area contributed by atoms with Gasteiger partial charge in [0.25, 0.3) is 6.43 Å². The van der Waals surface area contributed by atoms with Gasteiger partial charge in [-0.25, -0.2) is 8.78 Å². The Morgan fingerprint density at radius 1 is 1.33 bits per heavy atom. The van der Waals surface area contributed by atoms with Crippen LogP contribution in [0.25, 0.3) is 0 Å². The van der Waals surface area contributed by atoms with Gasteiger partial charge in [0.05, 0.1) is 5.56 Å². The van der Waals surface area contributed by atoms with Crippen molar-refractivity contribution in [3.8, 4) is 5.75 Å². The second-order valence-electron chi connectivity index (χ2n) is 3.24. The highest BCUT2D eigenvalue weighted by molar-refractivity contribution is 5.38. The number of halogens is 2. The van der Waals surface area contributed by atoms with Gasteiger partial charge in [0.2, 0.25) is 0 Å². The number of phenols is 1. The third kappa shape index (κ3) is 2.87. The highest BCUT2D eigenvalue weighted by Crippen LogP contribution is 2.30. The molecule has 1 unspecified atom stereocenters. The number of nitrogens with two attached hydrogens (primary N) is 1. The van der Waals surface area contributed by atoms with Crippen LogP contribution < -0.4 is 5.73 Å². The van der Waals surface area contributed by atoms with Crippen LogP contribution >= 0.6 is 0 Å². The van der Waals surface area contributed by atoms with Crippen molar-refractivity contribution in [3.05, 3.63) is 29.3 Å². The van der Waals surface area contributed by atoms with E-state index < -0.39 is 23.8 Å². The highest BCUT2D eigenvalue weighted by Gasteiger charge is 2.15. The van der Waals surface area contributed by atoms with Gasteiger partial charge < -0.3 is 15.9 Å². The van der Waals surface area contributed by atoms with Crippen LogP contribution in [0.4, 0.5) is 8.78 Å². The summed E-state index contributed by atoms with van der Waals surface area (Å²) >= 11 is 0. The molecule has 1 rings (SSSR count). The zero-order valence-corrected chi connectivity index (χ0v) is 8.03. The smallest absolute Gasteiger partial charge is 0.267 e. The molecule has 1 aromatic carbocycles. The molecule has 0 saturated heterocycles. The number of phenolic OH excluding ortho intramolecular Hbond substituents is 1. The Morgan fingerprint density at radius 2 is 2.00 bits per heavy atom. The third-order valence-electron chi connectivity index (χ3n) is 2.15. The van der Waals surface area contributed by atoms with Gasteiger partial charge in [-0.15, -0.1) is 0 Å². The first-order valence-electron chi connectivity index (χ1n) is 4.53. The molecule has 3 nitrogen and oxygen atoms in total. The standard InChI is InChI=1S/C10H13F2NO2/c11-10(12)7-5-6(1-2-9(7)15)8(13)3-4-14/h1-2,5,8,10,14-15H,3-4,13H2. The molecule has 0 bridgehead atoms. The summed E-state index contributed by atoms with van der Waals surface area (Å²) in [6.07, 6.45) is -2.43. The minimum absolute atomic E-state index is 0.105. The molecule has 0 amide bonds. The molecule has 0 heterocycles. The van der Waals surface area contributed by atoms with Crippen molar-refractivity contribution in [1.82, 2.24) is 0 Å². The molecule has 0 spiro atoms. The van der Waals surface area contributed by atoms with Gasteiger partial charge in [-0.3, -0.25) is 0 Å². The second kappa shape index (κ2) is 5.04. The quantitative estimate of drug-likeness (QED) is 0.719. The molecular formula is C10H13F2NO2. The molecule has 0 radical (unpaired) electrons. The summed E-state index contributed by atoms with van der Waals surface area (Å²) in [4.78, 5) is 0. The molecule has 5 heteroatoms. The van der Waals surface area contributed by atoms with E-state index in [2.05, 4.69) is 0 Å². The SMILES string of the molecule is NC(CCO)c1ccc(O)c(C(F)F)c1. The predicted molar refractivity (Wildman–Crippen MR) is 51.7 cm³/mol. The van der Waals surface area contributed by atoms with Crippen molar-refractivity contribution in [3.63, 3.8) is 0 Å². The van der Waals surface area contributed by atoms with Crippen molar-refractivity contribution >= 4 is 0 Å². The van der Waals surface area contributed by atoms with E-state index in [9.17, 15) is 8.78 Å². The van der Waals surface area contributed by atoms with E-state index in [1.165, 1.54) is 18.2 Å². The van der Waals surface area contributed by atoms with E-state index in [1.807, 2.05) is 0 Å². The topological polar surface area (TPSA) is 66.5 Å². The normalized spacial score (nSPS) is 13.1. The lowest BCUT2D eigenvalue weighted by Gasteiger charge is -2.12. The molecule has 0 aliphatic heterocycles. The largest absolute Gasteiger partial charge is 0.507 e. The molecule has 15 heavy (non-hydrogen) atoms. The van der Waals surface area contributed by atoms with Gasteiger partial charge in [0.15, 0.2) is 0 Å². The lowest BCUT2D eigenvalue weighted by Crippen LogP contribution is -2.12. The van der Waals surface area contributed by atoms with Crippen LogP contribution in [-0.2, 0) is 0 Å². The number of aliphatic hydroxyl groups is 1. The van der Waals surface area contributed by atoms with Crippen molar-refractivity contribution < 1.29 is 19.0 Å². The summed E-state index contributed by atoms with van der Waals surface area (Å²) in [5, 5.41) is 17.8. The van der Waals surface area contributed by atoms with Gasteiger partial charge >= 0.3 is 0 Å². The summed E-state index contributed by atoms with van der Waals surface area (Å²) in [5.41, 5.74) is 5.69. The van der Waals surface area contributed by atoms with Crippen molar-refractivity contribution in [2.45, 2.75) is 18.9 Å². The summed E-state index contributed by atoms with van der Waals surface area (Å²) < 4.78 is 24.8. The van der Waals surface area contributed by atoms with Crippen LogP contribution in [0, 0.1) is 0 Å². The first-order valence-corrected chi connectivity index (χ1v) is 4.53. The average molecular weight is 217 g/mol. The first kappa shape index (κ1) is 11.9. The summed E-state index contributed by atoms with van der Waals surface area (Å²) in [7, 11) is 0. The molecule has 0 aromatic heterocycles. The minimum atomic E-state index is -2.73. The van der Waals surface area contributed by atoms with Gasteiger partial charge in [0.1, 0.15) is 5.75 Å². The fourth-order valence-electron chi connectivity index (χ4n) is 1.28. The van der Waals surface area contributed by atoms with Crippen LogP contribution in [0.3, 0.4) is 0 Å². The zero-order valence-electron chi connectivity index (χ0n) is 8.03. The molecule has 0 aliphatic carbocycles. The third-order valence-corrected chi connectivity index (χ3v) is 2.15. The van der Waals surface area contributed by atoms with E-state index in [0.717, 1.165) is 0 Å². The van der Waals surface area contributed by atoms with Crippen LogP contribution in [-0.4, -0.2) is 16.8 Å². The fourth-order valence-corrected chi connectivity index (χ4v) is 1.28. The molecule has 84 valence electrons. The number of rotatable bonds is 4. The Bertz CT molecular complexity index is 331. The summed E-state index contributed by atoms with van der Waals surface area (Å²) in [6, 6.07) is 3.34. The van der Waals surface area contributed by atoms with Crippen molar-refractivity contribution in [2.24, 2.45) is 5.73 Å². The highest BCUT2D eigenvalue weighted by atomic mass is 19.3. The van der Waals surface area contributed by atoms with Crippen LogP contribution in [0.2, 0.25) is 0 Å². The number of alkyl halides is 2. The van der Waals surface area contributed by atoms with Crippen LogP contribution in [0.1, 0.15) is 30.0 Å². The summed E-state index contributed by atoms with van der Waals surface area (Å²) in [6.45, 7) is -0.105. The zero-order chi connectivity index (χ0) is 11.4. The number of aromatic hydroxyl groups is 1. The number of benzene rings is 1. The molecule has 1 atom stereocenters. The maximum absolute atomic E-state index is 12.4. The van der Waals surface area contributed by atoms with Gasteiger partial charge in [0, 0.05) is 12.6 Å². The lowest BCUT2D eigenvalue weighted by molar-refractivity contribution is 0.147. The number of aliphatic hydroxyl groups excluding tert-OH is 1. The van der Waals surface area contributed by atoms with Gasteiger partial charge in [-0.1, -0.05) is 6.07 Å². The van der Waals surface area contributed by atoms with E-state index in [-0.39, 0.29) is 6.61 Å². The molecule has 4 N–H and O–H groups in total. The van der Waals surface area contributed by atoms with Crippen molar-refractivity contribution in [1.29, 1.82) is 0 Å². The van der Waals surface area contributed by atoms with Crippen LogP contribution in [0.5, 0.6) is 5.75 Å². The molecule has 1 aromatic rings. The Balaban J connectivity index is 2.96. The molecule has 0 fully saturated rings. The van der Waals surface area contributed by atoms with Crippen LogP contribution in [0.15, 0.2) is 18.2 Å². The summed E-state index contributed by atoms with van der Waals surface area (Å²) in [5.74, 6) is -0.440. The number of hydrogen-bond acceptors (Lipinski definition) is 3. The van der Waals surface area contributed by atoms with E-state index in [0.29, 0.717) is 12.0 Å². The Kier molecular flexibility index (Phi) is 3.99. The average Bonchev–Trinajstić information content (AvgIpc) is 2.18. The van der Waals surface area contributed by atoms with Gasteiger partial charge in [-0.05, 0) is 24.1 Å². The van der Waals surface area contributed by atoms with Crippen molar-refractivity contribution in [2.75, 3.05) is 6.61 Å². The fraction of sp³-hybridized carbons (Fsp3) is 0.400. The molecule has 0 aliphatic rings. The first-order chi connectivity index (χ1) is 7.06. The molecular weight excluding hydrogens is 204 g/mol. The molecule has 0 saturated carbocycles. The Labute approximate surface area is 86.2 Å². The monoisotopic (exact) mass is 217 g/mol. The van der Waals surface area contributed by atoms with E-state index in [1.54, 1.807) is 0 Å². The van der Waals surface area contributed by atoms with E-state index in [4.69, 9.17) is 15.9 Å². The van der Waals surface area contributed by atoms with Gasteiger partial charge in [-0.2, -0.15) is 0 Å². The maximum atomic E-state index is 12.4. The van der Waals surface area contributed by atoms with E-state index >= 15 is 0 Å². The second-order valence-corrected chi connectivity index (χ2v) is 3.24. The Hall–Kier alpha value is -1.20. The number of hydrogen-bond donors (Lipinski definition) is 3. The lowest BCUT2D eigenvalue weighted by atomic mass is 10.0. The Morgan fingerprint density at radius 3 is 2.53 bits per heavy atom. The predicted octanol–water partition coefficient (Wildman–Crippen LogP) is 1.71.